The second kappa shape index (κ2) is 11.0. The van der Waals surface area contributed by atoms with Gasteiger partial charge in [-0.2, -0.15) is 0 Å². The molecule has 0 amide bonds. The van der Waals surface area contributed by atoms with Crippen molar-refractivity contribution in [1.29, 1.82) is 0 Å². The lowest BCUT2D eigenvalue weighted by atomic mass is 9.78. The Morgan fingerprint density at radius 2 is 0.950 bits per heavy atom. The summed E-state index contributed by atoms with van der Waals surface area (Å²) in [5.74, 6) is 1.68. The summed E-state index contributed by atoms with van der Waals surface area (Å²) >= 11 is 0. The largest absolute Gasteiger partial charge is 0.491 e. The number of epoxide rings is 1. The van der Waals surface area contributed by atoms with Crippen molar-refractivity contribution < 1.29 is 14.2 Å². The highest BCUT2D eigenvalue weighted by Gasteiger charge is 2.39. The molecule has 5 aromatic rings. The maximum absolute atomic E-state index is 7.07. The maximum atomic E-state index is 7.07. The Hall–Kier alpha value is -4.34. The molecule has 0 aromatic heterocycles. The Bertz CT molecular complexity index is 1410. The van der Waals surface area contributed by atoms with Gasteiger partial charge in [0.1, 0.15) is 24.2 Å². The van der Waals surface area contributed by atoms with E-state index in [4.69, 9.17) is 14.2 Å². The van der Waals surface area contributed by atoms with Gasteiger partial charge in [-0.05, 0) is 35.4 Å². The van der Waals surface area contributed by atoms with Crippen molar-refractivity contribution in [3.8, 4) is 11.5 Å². The van der Waals surface area contributed by atoms with Crippen molar-refractivity contribution in [3.63, 3.8) is 0 Å². The predicted molar refractivity (Wildman–Crippen MR) is 160 cm³/mol. The first-order valence-corrected chi connectivity index (χ1v) is 13.9. The van der Waals surface area contributed by atoms with Gasteiger partial charge in [0, 0.05) is 22.1 Å². The van der Waals surface area contributed by atoms with Gasteiger partial charge in [0.15, 0.2) is 5.60 Å². The van der Waals surface area contributed by atoms with E-state index in [1.165, 1.54) is 11.1 Å². The summed E-state index contributed by atoms with van der Waals surface area (Å²) in [4.78, 5) is 0. The molecule has 1 fully saturated rings. The number of benzene rings is 5. The van der Waals surface area contributed by atoms with E-state index in [-0.39, 0.29) is 11.5 Å². The van der Waals surface area contributed by atoms with E-state index in [1.807, 2.05) is 30.3 Å². The Balaban J connectivity index is 1.33. The van der Waals surface area contributed by atoms with Crippen LogP contribution in [0.5, 0.6) is 11.5 Å². The minimum absolute atomic E-state index is 0.188. The lowest BCUT2D eigenvalue weighted by Crippen LogP contribution is -2.36. The minimum Gasteiger partial charge on any atom is -0.491 e. The summed E-state index contributed by atoms with van der Waals surface area (Å²) in [6, 6.07) is 48.3. The van der Waals surface area contributed by atoms with E-state index in [1.54, 1.807) is 0 Å². The number of hydrogen-bond acceptors (Lipinski definition) is 3. The first kappa shape index (κ1) is 25.9. The van der Waals surface area contributed by atoms with Crippen LogP contribution in [0.3, 0.4) is 0 Å². The van der Waals surface area contributed by atoms with Crippen molar-refractivity contribution in [2.75, 3.05) is 13.2 Å². The molecule has 0 aliphatic carbocycles. The molecule has 1 saturated heterocycles. The van der Waals surface area contributed by atoms with Gasteiger partial charge in [-0.3, -0.25) is 0 Å². The third-order valence-electron chi connectivity index (χ3n) is 7.80. The summed E-state index contributed by atoms with van der Waals surface area (Å²) in [7, 11) is 0. The molecule has 3 nitrogen and oxygen atoms in total. The van der Waals surface area contributed by atoms with Crippen LogP contribution in [0.15, 0.2) is 140 Å². The van der Waals surface area contributed by atoms with E-state index in [0.29, 0.717) is 6.61 Å². The predicted octanol–water partition coefficient (Wildman–Crippen LogP) is 8.16. The molecule has 0 spiro atoms. The van der Waals surface area contributed by atoms with Gasteiger partial charge in [0.2, 0.25) is 0 Å². The van der Waals surface area contributed by atoms with E-state index >= 15 is 0 Å². The molecule has 200 valence electrons. The molecular weight excluding hydrogens is 492 g/mol. The van der Waals surface area contributed by atoms with E-state index in [0.717, 1.165) is 34.8 Å². The third-order valence-corrected chi connectivity index (χ3v) is 7.80. The smallest absolute Gasteiger partial charge is 0.184 e. The molecule has 1 aliphatic heterocycles. The normalized spacial score (nSPS) is 14.9. The second-order valence-corrected chi connectivity index (χ2v) is 10.8. The Kier molecular flexibility index (Phi) is 7.15. The number of hydrogen-bond donors (Lipinski definition) is 0. The zero-order valence-electron chi connectivity index (χ0n) is 23.0. The molecule has 6 rings (SSSR count). The van der Waals surface area contributed by atoms with Crippen molar-refractivity contribution >= 4 is 0 Å². The molecule has 3 heteroatoms. The van der Waals surface area contributed by atoms with Crippen LogP contribution in [-0.4, -0.2) is 19.3 Å². The van der Waals surface area contributed by atoms with Gasteiger partial charge >= 0.3 is 0 Å². The fourth-order valence-corrected chi connectivity index (χ4v) is 5.30. The van der Waals surface area contributed by atoms with Gasteiger partial charge in [-0.1, -0.05) is 129 Å². The van der Waals surface area contributed by atoms with Gasteiger partial charge in [0.05, 0.1) is 6.61 Å². The average molecular weight is 527 g/mol. The van der Waals surface area contributed by atoms with Crippen molar-refractivity contribution in [2.45, 2.75) is 31.0 Å². The summed E-state index contributed by atoms with van der Waals surface area (Å²) in [6.07, 6.45) is 0.251. The molecule has 1 heterocycles. The number of rotatable bonds is 10. The Morgan fingerprint density at radius 1 is 0.550 bits per heavy atom. The first-order chi connectivity index (χ1) is 19.6. The number of ether oxygens (including phenoxy) is 3. The van der Waals surface area contributed by atoms with Gasteiger partial charge < -0.3 is 14.2 Å². The fourth-order valence-electron chi connectivity index (χ4n) is 5.30. The van der Waals surface area contributed by atoms with E-state index in [9.17, 15) is 0 Å². The van der Waals surface area contributed by atoms with Crippen LogP contribution in [0.4, 0.5) is 0 Å². The Morgan fingerprint density at radius 3 is 1.35 bits per heavy atom. The highest BCUT2D eigenvalue weighted by molar-refractivity contribution is 5.50. The first-order valence-electron chi connectivity index (χ1n) is 13.9. The van der Waals surface area contributed by atoms with E-state index < -0.39 is 5.60 Å². The summed E-state index contributed by atoms with van der Waals surface area (Å²) < 4.78 is 18.2. The van der Waals surface area contributed by atoms with Crippen LogP contribution in [0.2, 0.25) is 0 Å². The van der Waals surface area contributed by atoms with Crippen LogP contribution in [-0.2, 0) is 15.8 Å². The van der Waals surface area contributed by atoms with Crippen LogP contribution in [0.1, 0.15) is 41.7 Å². The van der Waals surface area contributed by atoms with Gasteiger partial charge in [-0.15, -0.1) is 0 Å². The lowest BCUT2D eigenvalue weighted by Gasteiger charge is -2.36. The average Bonchev–Trinajstić information content (AvgIpc) is 3.85. The molecule has 0 unspecified atom stereocenters. The fraction of sp³-hybridized carbons (Fsp3) is 0.189. The van der Waals surface area contributed by atoms with Crippen LogP contribution in [0, 0.1) is 0 Å². The minimum atomic E-state index is -0.803. The molecule has 0 bridgehead atoms. The molecule has 0 saturated carbocycles. The molecule has 1 atom stereocenters. The topological polar surface area (TPSA) is 31.0 Å². The highest BCUT2D eigenvalue weighted by Crippen LogP contribution is 2.42. The molecule has 1 aliphatic rings. The monoisotopic (exact) mass is 526 g/mol. The van der Waals surface area contributed by atoms with E-state index in [2.05, 4.69) is 123 Å². The van der Waals surface area contributed by atoms with Crippen LogP contribution in [0.25, 0.3) is 0 Å². The van der Waals surface area contributed by atoms with Crippen LogP contribution < -0.4 is 9.47 Å². The van der Waals surface area contributed by atoms with Crippen molar-refractivity contribution in [1.82, 2.24) is 0 Å². The van der Waals surface area contributed by atoms with Crippen LogP contribution >= 0.6 is 0 Å². The maximum Gasteiger partial charge on any atom is 0.184 e. The summed E-state index contributed by atoms with van der Waals surface area (Å²) in [5, 5.41) is 0. The lowest BCUT2D eigenvalue weighted by molar-refractivity contribution is 0.155. The standard InChI is InChI=1S/C37H34O3/c1-36(2,28-18-22-33(23-19-28)38-26-35-27-39-35)29-20-24-34(25-21-29)40-37(30-12-6-3-7-13-30,31-14-8-4-9-15-31)32-16-10-5-11-17-32/h3-25,35H,26-27H2,1-2H3/t35-/m0/s1. The molecular formula is C37H34O3. The quantitative estimate of drug-likeness (QED) is 0.136. The molecule has 0 N–H and O–H groups in total. The summed E-state index contributed by atoms with van der Waals surface area (Å²) in [5.41, 5.74) is 4.67. The zero-order chi connectivity index (χ0) is 27.4. The van der Waals surface area contributed by atoms with Crippen molar-refractivity contribution in [2.24, 2.45) is 0 Å². The molecule has 40 heavy (non-hydrogen) atoms. The molecule has 5 aromatic carbocycles. The highest BCUT2D eigenvalue weighted by atomic mass is 16.6. The summed E-state index contributed by atoms with van der Waals surface area (Å²) in [6.45, 7) is 5.91. The van der Waals surface area contributed by atoms with Crippen molar-refractivity contribution in [3.05, 3.63) is 167 Å². The van der Waals surface area contributed by atoms with Gasteiger partial charge in [0.25, 0.3) is 0 Å². The van der Waals surface area contributed by atoms with Gasteiger partial charge in [-0.25, -0.2) is 0 Å². The second-order valence-electron chi connectivity index (χ2n) is 10.8. The Labute approximate surface area is 237 Å². The SMILES string of the molecule is CC(C)(c1ccc(OC[C@H]2CO2)cc1)c1ccc(OC(c2ccccc2)(c2ccccc2)c2ccccc2)cc1. The molecule has 0 radical (unpaired) electrons. The third kappa shape index (κ3) is 5.25. The zero-order valence-corrected chi connectivity index (χ0v) is 23.0.